The molecule has 12 aromatic carbocycles. The summed E-state index contributed by atoms with van der Waals surface area (Å²) in [5.41, 5.74) is 14.2. The Morgan fingerprint density at radius 3 is 1.37 bits per heavy atom. The molecule has 0 saturated carbocycles. The maximum Gasteiger partial charge on any atom is 0.221 e. The molecular weight excluding hydrogens is 1040 g/mol. The van der Waals surface area contributed by atoms with Crippen molar-refractivity contribution in [3.8, 4) is 62.0 Å². The second-order valence-corrected chi connectivity index (χ2v) is 23.8. The average Bonchev–Trinajstić information content (AvgIpc) is 4.28. The van der Waals surface area contributed by atoms with Crippen LogP contribution in [0.2, 0.25) is 0 Å². The standard InChI is InChI=1S/C74H40N4S3/c1-76-65-64(45-24-9-4-10-25-45)70(77-60-33-16-13-28-48(60)51-36-41-58-55-32-19-31-54(71(55)81-74(58)67(51)77)47-27-12-11-26-46(47)43-20-5-2-6-21-43)63(44-22-7-3-8-23-44)59(42-75)66(65)78-68-52(37-39-56-49-29-14-17-34-61(49)79-72(56)68)53-38-40-57-50-30-15-18-35-62(50)80-73(57)69(53)78/h2-41H. The van der Waals surface area contributed by atoms with Crippen LogP contribution < -0.4 is 0 Å². The fourth-order valence-corrected chi connectivity index (χ4v) is 17.1. The Bertz CT molecular complexity index is 5400. The Hall–Kier alpha value is -10.1. The number of nitrogens with zero attached hydrogens (tertiary/aromatic N) is 4. The average molecular weight is 1080 g/mol. The van der Waals surface area contributed by atoms with Crippen LogP contribution in [0.4, 0.5) is 5.69 Å². The van der Waals surface area contributed by atoms with Gasteiger partial charge >= 0.3 is 0 Å². The van der Waals surface area contributed by atoms with Gasteiger partial charge in [0.05, 0.1) is 59.7 Å². The molecular formula is C74H40N4S3. The third kappa shape index (κ3) is 6.48. The summed E-state index contributed by atoms with van der Waals surface area (Å²) >= 11 is 5.38. The third-order valence-corrected chi connectivity index (χ3v) is 20.2. The molecule has 4 nitrogen and oxygen atoms in total. The molecule has 0 N–H and O–H groups in total. The molecule has 5 aromatic heterocycles. The molecule has 0 amide bonds. The molecule has 17 rings (SSSR count). The lowest BCUT2D eigenvalue weighted by molar-refractivity contribution is 1.15. The number of thiophene rings is 3. The van der Waals surface area contributed by atoms with Crippen LogP contribution in [0.15, 0.2) is 243 Å². The molecule has 0 bridgehead atoms. The molecule has 0 unspecified atom stereocenters. The number of hydrogen-bond donors (Lipinski definition) is 0. The molecule has 0 saturated heterocycles. The molecule has 374 valence electrons. The van der Waals surface area contributed by atoms with E-state index >= 15 is 0 Å². The van der Waals surface area contributed by atoms with Crippen molar-refractivity contribution in [2.45, 2.75) is 0 Å². The third-order valence-electron chi connectivity index (χ3n) is 16.6. The Morgan fingerprint density at radius 2 is 0.765 bits per heavy atom. The highest BCUT2D eigenvalue weighted by Gasteiger charge is 2.34. The van der Waals surface area contributed by atoms with Gasteiger partial charge in [-0.2, -0.15) is 5.26 Å². The zero-order chi connectivity index (χ0) is 53.4. The highest BCUT2D eigenvalue weighted by atomic mass is 32.1. The van der Waals surface area contributed by atoms with E-state index in [2.05, 4.69) is 246 Å². The Morgan fingerprint density at radius 1 is 0.333 bits per heavy atom. The van der Waals surface area contributed by atoms with E-state index in [1.807, 2.05) is 23.5 Å². The van der Waals surface area contributed by atoms with Crippen molar-refractivity contribution in [1.82, 2.24) is 9.13 Å². The van der Waals surface area contributed by atoms with E-state index in [0.717, 1.165) is 102 Å². The van der Waals surface area contributed by atoms with E-state index in [1.165, 1.54) is 52.5 Å². The van der Waals surface area contributed by atoms with Crippen molar-refractivity contribution in [1.29, 1.82) is 5.26 Å². The van der Waals surface area contributed by atoms with Crippen molar-refractivity contribution in [2.24, 2.45) is 0 Å². The fraction of sp³-hybridized carbons (Fsp3) is 0. The van der Waals surface area contributed by atoms with Crippen LogP contribution in [0.1, 0.15) is 5.56 Å². The first-order valence-electron chi connectivity index (χ1n) is 27.0. The molecule has 81 heavy (non-hydrogen) atoms. The predicted molar refractivity (Wildman–Crippen MR) is 347 cm³/mol. The van der Waals surface area contributed by atoms with Gasteiger partial charge in [-0.25, -0.2) is 4.85 Å². The molecule has 7 heteroatoms. The molecule has 0 aliphatic carbocycles. The molecule has 0 radical (unpaired) electrons. The number of aromatic nitrogens is 2. The zero-order valence-corrected chi connectivity index (χ0v) is 45.6. The van der Waals surface area contributed by atoms with Gasteiger partial charge in [0.25, 0.3) is 0 Å². The summed E-state index contributed by atoms with van der Waals surface area (Å²) in [5, 5.41) is 23.9. The number of hydrogen-bond acceptors (Lipinski definition) is 4. The Kier molecular flexibility index (Phi) is 10.0. The van der Waals surface area contributed by atoms with Gasteiger partial charge in [0.2, 0.25) is 5.69 Å². The highest BCUT2D eigenvalue weighted by molar-refractivity contribution is 7.28. The molecule has 0 aliphatic heterocycles. The van der Waals surface area contributed by atoms with Crippen LogP contribution in [0.5, 0.6) is 0 Å². The van der Waals surface area contributed by atoms with Gasteiger partial charge in [0.1, 0.15) is 6.07 Å². The van der Waals surface area contributed by atoms with Gasteiger partial charge in [-0.05, 0) is 46.0 Å². The normalized spacial score (nSPS) is 11.9. The predicted octanol–water partition coefficient (Wildman–Crippen LogP) is 22.1. The van der Waals surface area contributed by atoms with Crippen LogP contribution in [0, 0.1) is 17.9 Å². The van der Waals surface area contributed by atoms with E-state index in [4.69, 9.17) is 4.85 Å². The molecule has 17 aromatic rings. The van der Waals surface area contributed by atoms with Gasteiger partial charge < -0.3 is 9.13 Å². The van der Waals surface area contributed by atoms with Gasteiger partial charge in [-0.1, -0.05) is 224 Å². The molecule has 0 spiro atoms. The van der Waals surface area contributed by atoms with Crippen LogP contribution in [-0.2, 0) is 0 Å². The molecule has 5 heterocycles. The topological polar surface area (TPSA) is 38.0 Å². The van der Waals surface area contributed by atoms with E-state index in [9.17, 15) is 11.8 Å². The summed E-state index contributed by atoms with van der Waals surface area (Å²) in [6.45, 7) is 9.78. The van der Waals surface area contributed by atoms with E-state index in [-0.39, 0.29) is 0 Å². The zero-order valence-electron chi connectivity index (χ0n) is 43.1. The van der Waals surface area contributed by atoms with Gasteiger partial charge in [-0.15, -0.1) is 34.0 Å². The first-order valence-corrected chi connectivity index (χ1v) is 29.5. The minimum absolute atomic E-state index is 0.414. The number of fused-ring (bicyclic) bond motifs is 18. The molecule has 0 fully saturated rings. The molecule has 0 atom stereocenters. The SMILES string of the molecule is [C-]#[N+]c1c(-c2ccccc2)c(-n2c3ccccc3c3ccc4c5cccc(-c6ccccc6-c6ccccc6)c5sc4c32)c(-c2ccccc2)c(C#N)c1-n1c2c(ccc3c4ccccc4sc32)c2ccc3c4ccccc4sc3c21. The lowest BCUT2D eigenvalue weighted by atomic mass is 9.88. The number of rotatable bonds is 6. The fourth-order valence-electron chi connectivity index (χ4n) is 13.2. The van der Waals surface area contributed by atoms with Crippen molar-refractivity contribution in [2.75, 3.05) is 0 Å². The summed E-state index contributed by atoms with van der Waals surface area (Å²) in [7, 11) is 0. The van der Waals surface area contributed by atoms with Gasteiger partial charge in [0.15, 0.2) is 0 Å². The summed E-state index contributed by atoms with van der Waals surface area (Å²) in [6, 6.07) is 89.5. The maximum atomic E-state index is 12.5. The largest absolute Gasteiger partial charge is 0.315 e. The van der Waals surface area contributed by atoms with Crippen molar-refractivity contribution >= 4 is 144 Å². The first kappa shape index (κ1) is 45.9. The Labute approximate surface area is 476 Å². The minimum Gasteiger partial charge on any atom is -0.315 e. The summed E-state index contributed by atoms with van der Waals surface area (Å²) in [6.07, 6.45) is 0. The van der Waals surface area contributed by atoms with E-state index in [1.54, 1.807) is 22.7 Å². The van der Waals surface area contributed by atoms with Crippen LogP contribution in [0.3, 0.4) is 0 Å². The number of benzene rings is 12. The van der Waals surface area contributed by atoms with E-state index < -0.39 is 0 Å². The van der Waals surface area contributed by atoms with Crippen LogP contribution in [-0.4, -0.2) is 9.13 Å². The quantitative estimate of drug-likeness (QED) is 0.153. The van der Waals surface area contributed by atoms with Gasteiger partial charge in [0, 0.05) is 84.7 Å². The summed E-state index contributed by atoms with van der Waals surface area (Å²) in [4.78, 5) is 4.79. The maximum absolute atomic E-state index is 12.5. The lowest BCUT2D eigenvalue weighted by Gasteiger charge is -2.26. The monoisotopic (exact) mass is 1080 g/mol. The second-order valence-electron chi connectivity index (χ2n) is 20.7. The van der Waals surface area contributed by atoms with Crippen LogP contribution in [0.25, 0.3) is 165 Å². The smallest absolute Gasteiger partial charge is 0.221 e. The first-order chi connectivity index (χ1) is 40.2. The molecule has 0 aliphatic rings. The Balaban J connectivity index is 1.09. The summed E-state index contributed by atoms with van der Waals surface area (Å²) in [5.74, 6) is 0. The van der Waals surface area contributed by atoms with Gasteiger partial charge in [-0.3, -0.25) is 0 Å². The second kappa shape index (κ2) is 17.7. The summed E-state index contributed by atoms with van der Waals surface area (Å²) < 4.78 is 11.7. The minimum atomic E-state index is 0.414. The van der Waals surface area contributed by atoms with Crippen molar-refractivity contribution < 1.29 is 0 Å². The number of para-hydroxylation sites is 1. The van der Waals surface area contributed by atoms with Crippen LogP contribution >= 0.6 is 34.0 Å². The number of nitriles is 1. The van der Waals surface area contributed by atoms with Crippen molar-refractivity contribution in [3.63, 3.8) is 0 Å². The highest BCUT2D eigenvalue weighted by Crippen LogP contribution is 2.56. The lowest BCUT2D eigenvalue weighted by Crippen LogP contribution is -2.08. The van der Waals surface area contributed by atoms with Crippen molar-refractivity contribution in [3.05, 3.63) is 260 Å². The van der Waals surface area contributed by atoms with E-state index in [0.29, 0.717) is 16.9 Å².